The Kier molecular flexibility index (Phi) is 4.67. The minimum atomic E-state index is -0.790. The third-order valence-electron chi connectivity index (χ3n) is 4.02. The lowest BCUT2D eigenvalue weighted by molar-refractivity contribution is 0.0970. The Morgan fingerprint density at radius 3 is 2.15 bits per heavy atom. The maximum absolute atomic E-state index is 12.9. The first-order chi connectivity index (χ1) is 12.3. The molecule has 5 nitrogen and oxygen atoms in total. The molecule has 1 aromatic heterocycles. The molecule has 6 heteroatoms. The number of halogens is 1. The van der Waals surface area contributed by atoms with E-state index in [0.717, 1.165) is 15.7 Å². The van der Waals surface area contributed by atoms with E-state index in [4.69, 9.17) is 0 Å². The summed E-state index contributed by atoms with van der Waals surface area (Å²) in [4.78, 5) is 37.1. The predicted octanol–water partition coefficient (Wildman–Crippen LogP) is 2.64. The summed E-state index contributed by atoms with van der Waals surface area (Å²) >= 11 is 0. The fourth-order valence-electron chi connectivity index (χ4n) is 2.81. The Morgan fingerprint density at radius 2 is 1.54 bits per heavy atom. The minimum Gasteiger partial charge on any atom is -0.301 e. The van der Waals surface area contributed by atoms with Gasteiger partial charge in [0.1, 0.15) is 5.82 Å². The maximum Gasteiger partial charge on any atom is 0.320 e. The van der Waals surface area contributed by atoms with Crippen LogP contribution in [0, 0.1) is 19.7 Å². The van der Waals surface area contributed by atoms with Gasteiger partial charge in [0.15, 0.2) is 5.78 Å². The van der Waals surface area contributed by atoms with E-state index < -0.39 is 16.9 Å². The smallest absolute Gasteiger partial charge is 0.301 e. The lowest BCUT2D eigenvalue weighted by Gasteiger charge is -2.10. The van der Waals surface area contributed by atoms with E-state index in [1.165, 1.54) is 41.2 Å². The van der Waals surface area contributed by atoms with Crippen LogP contribution >= 0.6 is 0 Å². The predicted molar refractivity (Wildman–Crippen MR) is 96.5 cm³/mol. The number of benzene rings is 2. The van der Waals surface area contributed by atoms with Gasteiger partial charge in [-0.15, -0.1) is 0 Å². The number of nitrogens with zero attached hydrogens (tertiary/aromatic N) is 2. The molecular formula is C20H17FN2O3. The van der Waals surface area contributed by atoms with E-state index in [0.29, 0.717) is 5.69 Å². The summed E-state index contributed by atoms with van der Waals surface area (Å²) in [5.41, 5.74) is 1.30. The summed E-state index contributed by atoms with van der Waals surface area (Å²) in [7, 11) is 0. The molecule has 0 saturated heterocycles. The molecule has 0 saturated carbocycles. The zero-order chi connectivity index (χ0) is 18.8. The second kappa shape index (κ2) is 6.92. The van der Waals surface area contributed by atoms with Crippen molar-refractivity contribution in [3.63, 3.8) is 0 Å². The molecule has 2 aromatic carbocycles. The number of carbonyl (C=O) groups excluding carboxylic acids is 1. The fraction of sp³-hybridized carbons (Fsp3) is 0.150. The first-order valence-electron chi connectivity index (χ1n) is 8.05. The number of rotatable bonds is 4. The normalized spacial score (nSPS) is 10.7. The molecule has 26 heavy (non-hydrogen) atoms. The Hall–Kier alpha value is -3.28. The average Bonchev–Trinajstić information content (AvgIpc) is 2.58. The Bertz CT molecular complexity index is 1080. The highest BCUT2D eigenvalue weighted by Crippen LogP contribution is 2.11. The first kappa shape index (κ1) is 17.5. The van der Waals surface area contributed by atoms with Crippen molar-refractivity contribution in [2.45, 2.75) is 20.4 Å². The number of aryl methyl sites for hydroxylation is 2. The Morgan fingerprint density at radius 1 is 0.923 bits per heavy atom. The SMILES string of the molecule is Cc1cc(C)cc(-n2ccn(CC(=O)c3ccc(F)cc3)c(=O)c2=O)c1. The molecule has 0 aliphatic heterocycles. The van der Waals surface area contributed by atoms with E-state index in [1.54, 1.807) is 0 Å². The molecule has 0 aliphatic carbocycles. The molecule has 3 rings (SSSR count). The largest absolute Gasteiger partial charge is 0.320 e. The van der Waals surface area contributed by atoms with Crippen molar-refractivity contribution < 1.29 is 9.18 Å². The third-order valence-corrected chi connectivity index (χ3v) is 4.02. The summed E-state index contributed by atoms with van der Waals surface area (Å²) in [5.74, 6) is -0.828. The van der Waals surface area contributed by atoms with Gasteiger partial charge in [-0.2, -0.15) is 0 Å². The highest BCUT2D eigenvalue weighted by molar-refractivity contribution is 5.95. The van der Waals surface area contributed by atoms with Crippen LogP contribution in [0.2, 0.25) is 0 Å². The summed E-state index contributed by atoms with van der Waals surface area (Å²) < 4.78 is 15.3. The van der Waals surface area contributed by atoms with Crippen molar-refractivity contribution in [3.8, 4) is 5.69 Å². The number of hydrogen-bond donors (Lipinski definition) is 0. The van der Waals surface area contributed by atoms with Crippen LogP contribution in [0.4, 0.5) is 4.39 Å². The number of aromatic nitrogens is 2. The van der Waals surface area contributed by atoms with E-state index >= 15 is 0 Å². The molecule has 0 spiro atoms. The molecular weight excluding hydrogens is 335 g/mol. The van der Waals surface area contributed by atoms with E-state index in [1.807, 2.05) is 32.0 Å². The van der Waals surface area contributed by atoms with E-state index in [-0.39, 0.29) is 17.9 Å². The Balaban J connectivity index is 1.95. The van der Waals surface area contributed by atoms with Gasteiger partial charge >= 0.3 is 11.1 Å². The second-order valence-electron chi connectivity index (χ2n) is 6.18. The van der Waals surface area contributed by atoms with Crippen molar-refractivity contribution in [2.75, 3.05) is 0 Å². The maximum atomic E-state index is 12.9. The van der Waals surface area contributed by atoms with Crippen molar-refractivity contribution in [2.24, 2.45) is 0 Å². The number of carbonyl (C=O) groups is 1. The zero-order valence-electron chi connectivity index (χ0n) is 14.4. The van der Waals surface area contributed by atoms with Crippen LogP contribution in [0.25, 0.3) is 5.69 Å². The van der Waals surface area contributed by atoms with Gasteiger partial charge < -0.3 is 4.57 Å². The number of ketones is 1. The summed E-state index contributed by atoms with van der Waals surface area (Å²) in [6.45, 7) is 3.53. The van der Waals surface area contributed by atoms with Crippen LogP contribution in [0.15, 0.2) is 64.4 Å². The Labute approximate surface area is 149 Å². The van der Waals surface area contributed by atoms with Crippen molar-refractivity contribution in [3.05, 3.63) is 98.1 Å². The van der Waals surface area contributed by atoms with Gasteiger partial charge in [-0.3, -0.25) is 19.0 Å². The topological polar surface area (TPSA) is 61.1 Å². The van der Waals surface area contributed by atoms with Crippen molar-refractivity contribution in [1.29, 1.82) is 0 Å². The summed E-state index contributed by atoms with van der Waals surface area (Å²) in [6, 6.07) is 10.6. The lowest BCUT2D eigenvalue weighted by atomic mass is 10.1. The van der Waals surface area contributed by atoms with Crippen LogP contribution in [-0.4, -0.2) is 14.9 Å². The standard InChI is InChI=1S/C20H17FN2O3/c1-13-9-14(2)11-17(10-13)23-8-7-22(19(25)20(23)26)12-18(24)15-3-5-16(21)6-4-15/h3-11H,12H2,1-2H3. The van der Waals surface area contributed by atoms with Crippen LogP contribution in [0.5, 0.6) is 0 Å². The summed E-state index contributed by atoms with van der Waals surface area (Å²) in [6.07, 6.45) is 2.87. The van der Waals surface area contributed by atoms with Gasteiger partial charge in [0, 0.05) is 23.6 Å². The molecule has 0 N–H and O–H groups in total. The van der Waals surface area contributed by atoms with Gasteiger partial charge in [-0.1, -0.05) is 6.07 Å². The van der Waals surface area contributed by atoms with Crippen LogP contribution in [0.1, 0.15) is 21.5 Å². The van der Waals surface area contributed by atoms with Gasteiger partial charge in [0.25, 0.3) is 0 Å². The molecule has 0 amide bonds. The second-order valence-corrected chi connectivity index (χ2v) is 6.18. The highest BCUT2D eigenvalue weighted by Gasteiger charge is 2.12. The van der Waals surface area contributed by atoms with E-state index in [2.05, 4.69) is 0 Å². The molecule has 0 bridgehead atoms. The molecule has 3 aromatic rings. The van der Waals surface area contributed by atoms with Crippen molar-refractivity contribution in [1.82, 2.24) is 9.13 Å². The van der Waals surface area contributed by atoms with Gasteiger partial charge in [0.2, 0.25) is 0 Å². The molecule has 0 aliphatic rings. The zero-order valence-corrected chi connectivity index (χ0v) is 14.4. The van der Waals surface area contributed by atoms with Crippen molar-refractivity contribution >= 4 is 5.78 Å². The van der Waals surface area contributed by atoms with Gasteiger partial charge in [-0.05, 0) is 61.4 Å². The quantitative estimate of drug-likeness (QED) is 0.536. The molecule has 0 atom stereocenters. The van der Waals surface area contributed by atoms with Crippen LogP contribution < -0.4 is 11.1 Å². The molecule has 132 valence electrons. The van der Waals surface area contributed by atoms with Gasteiger partial charge in [-0.25, -0.2) is 4.39 Å². The lowest BCUT2D eigenvalue weighted by Crippen LogP contribution is -2.41. The number of hydrogen-bond acceptors (Lipinski definition) is 3. The van der Waals surface area contributed by atoms with Crippen LogP contribution in [0.3, 0.4) is 0 Å². The van der Waals surface area contributed by atoms with Gasteiger partial charge in [0.05, 0.1) is 6.54 Å². The molecule has 0 radical (unpaired) electrons. The highest BCUT2D eigenvalue weighted by atomic mass is 19.1. The fourth-order valence-corrected chi connectivity index (χ4v) is 2.81. The van der Waals surface area contributed by atoms with E-state index in [9.17, 15) is 18.8 Å². The van der Waals surface area contributed by atoms with Crippen LogP contribution in [-0.2, 0) is 6.54 Å². The molecule has 0 fully saturated rings. The number of Topliss-reactive ketones (excluding diaryl/α,β-unsaturated/α-hetero) is 1. The first-order valence-corrected chi connectivity index (χ1v) is 8.05. The average molecular weight is 352 g/mol. The third kappa shape index (κ3) is 3.54. The minimum absolute atomic E-state index is 0.275. The molecule has 0 unspecified atom stereocenters. The summed E-state index contributed by atoms with van der Waals surface area (Å²) in [5, 5.41) is 0. The molecule has 1 heterocycles. The monoisotopic (exact) mass is 352 g/mol.